The van der Waals surface area contributed by atoms with Crippen molar-refractivity contribution in [1.29, 1.82) is 0 Å². The van der Waals surface area contributed by atoms with Gasteiger partial charge >= 0.3 is 0 Å². The van der Waals surface area contributed by atoms with E-state index < -0.39 is 0 Å². The van der Waals surface area contributed by atoms with Gasteiger partial charge in [-0.1, -0.05) is 13.8 Å². The maximum atomic E-state index is 5.20. The Kier molecular flexibility index (Phi) is 4.73. The fourth-order valence-corrected chi connectivity index (χ4v) is 2.10. The quantitative estimate of drug-likeness (QED) is 0.799. The van der Waals surface area contributed by atoms with E-state index in [1.165, 1.54) is 0 Å². The first-order valence-electron chi connectivity index (χ1n) is 6.78. The topological polar surface area (TPSA) is 79.0 Å². The Bertz CT molecular complexity index is 553. The maximum Gasteiger partial charge on any atom is 0.226 e. The van der Waals surface area contributed by atoms with Crippen molar-refractivity contribution >= 4 is 22.8 Å². The maximum absolute atomic E-state index is 5.20. The summed E-state index contributed by atoms with van der Waals surface area (Å²) in [5.41, 5.74) is 0.741. The third kappa shape index (κ3) is 3.16. The predicted octanol–water partition coefficient (Wildman–Crippen LogP) is 1.50. The largest absolute Gasteiger partial charge is 0.383 e. The van der Waals surface area contributed by atoms with Gasteiger partial charge in [-0.05, 0) is 5.92 Å². The van der Waals surface area contributed by atoms with Gasteiger partial charge in [0, 0.05) is 27.2 Å². The summed E-state index contributed by atoms with van der Waals surface area (Å²) in [7, 11) is 3.52. The van der Waals surface area contributed by atoms with Gasteiger partial charge in [-0.15, -0.1) is 0 Å². The number of ether oxygens (including phenoxy) is 1. The molecule has 0 aliphatic heterocycles. The van der Waals surface area contributed by atoms with E-state index in [4.69, 9.17) is 4.74 Å². The van der Waals surface area contributed by atoms with Gasteiger partial charge in [-0.25, -0.2) is 0 Å². The van der Waals surface area contributed by atoms with Crippen LogP contribution in [0.15, 0.2) is 6.20 Å². The van der Waals surface area contributed by atoms with Crippen molar-refractivity contribution in [2.75, 3.05) is 44.1 Å². The third-order valence-electron chi connectivity index (χ3n) is 2.96. The molecule has 0 unspecified atom stereocenters. The molecule has 7 heteroatoms. The van der Waals surface area contributed by atoms with Crippen LogP contribution in [0.1, 0.15) is 13.8 Å². The molecule has 2 aromatic heterocycles. The van der Waals surface area contributed by atoms with Crippen molar-refractivity contribution < 1.29 is 4.74 Å². The van der Waals surface area contributed by atoms with Gasteiger partial charge in [0.05, 0.1) is 18.2 Å². The summed E-state index contributed by atoms with van der Waals surface area (Å²) in [6.45, 7) is 6.73. The Hall–Kier alpha value is -1.89. The van der Waals surface area contributed by atoms with Gasteiger partial charge in [0.1, 0.15) is 5.82 Å². The summed E-state index contributed by atoms with van der Waals surface area (Å²) in [5.74, 6) is 2.00. The lowest BCUT2D eigenvalue weighted by Crippen LogP contribution is -2.32. The number of anilines is 2. The highest BCUT2D eigenvalue weighted by Gasteiger charge is 2.16. The van der Waals surface area contributed by atoms with Crippen molar-refractivity contribution in [1.82, 2.24) is 20.2 Å². The summed E-state index contributed by atoms with van der Waals surface area (Å²) in [4.78, 5) is 11.2. The Morgan fingerprint density at radius 3 is 2.85 bits per heavy atom. The van der Waals surface area contributed by atoms with Crippen LogP contribution in [0.3, 0.4) is 0 Å². The second kappa shape index (κ2) is 6.51. The first-order chi connectivity index (χ1) is 9.65. The smallest absolute Gasteiger partial charge is 0.226 e. The number of hydrogen-bond donors (Lipinski definition) is 2. The van der Waals surface area contributed by atoms with E-state index >= 15 is 0 Å². The highest BCUT2D eigenvalue weighted by molar-refractivity contribution is 5.87. The highest BCUT2D eigenvalue weighted by atomic mass is 16.5. The zero-order valence-electron chi connectivity index (χ0n) is 12.5. The van der Waals surface area contributed by atoms with Gasteiger partial charge in [-0.2, -0.15) is 15.1 Å². The molecule has 2 N–H and O–H groups in total. The van der Waals surface area contributed by atoms with Crippen LogP contribution in [0.4, 0.5) is 11.8 Å². The molecule has 0 radical (unpaired) electrons. The number of aromatic nitrogens is 4. The molecule has 0 bridgehead atoms. The second-order valence-corrected chi connectivity index (χ2v) is 5.09. The van der Waals surface area contributed by atoms with Crippen LogP contribution >= 0.6 is 0 Å². The lowest BCUT2D eigenvalue weighted by molar-refractivity contribution is 0.204. The van der Waals surface area contributed by atoms with Crippen molar-refractivity contribution in [2.45, 2.75) is 13.8 Å². The van der Waals surface area contributed by atoms with Crippen LogP contribution < -0.4 is 10.2 Å². The number of nitrogens with one attached hydrogen (secondary N) is 2. The van der Waals surface area contributed by atoms with Gasteiger partial charge in [-0.3, -0.25) is 5.10 Å². The molecule has 0 aromatic carbocycles. The molecule has 0 atom stereocenters. The normalized spacial score (nSPS) is 11.2. The minimum Gasteiger partial charge on any atom is -0.383 e. The average molecular weight is 278 g/mol. The Morgan fingerprint density at radius 2 is 2.20 bits per heavy atom. The molecule has 2 aromatic rings. The van der Waals surface area contributed by atoms with E-state index in [1.807, 2.05) is 7.05 Å². The Labute approximate surface area is 118 Å². The molecule has 0 aliphatic carbocycles. The zero-order valence-corrected chi connectivity index (χ0v) is 12.5. The van der Waals surface area contributed by atoms with Crippen molar-refractivity contribution in [3.05, 3.63) is 6.20 Å². The molecular weight excluding hydrogens is 256 g/mol. The number of rotatable bonds is 7. The summed E-state index contributed by atoms with van der Waals surface area (Å²) >= 11 is 0. The third-order valence-corrected chi connectivity index (χ3v) is 2.96. The fraction of sp³-hybridized carbons (Fsp3) is 0.615. The van der Waals surface area contributed by atoms with Crippen LogP contribution in [0, 0.1) is 5.92 Å². The fourth-order valence-electron chi connectivity index (χ4n) is 2.10. The summed E-state index contributed by atoms with van der Waals surface area (Å²) < 4.78 is 5.20. The predicted molar refractivity (Wildman–Crippen MR) is 80.2 cm³/mol. The van der Waals surface area contributed by atoms with Crippen molar-refractivity contribution in [2.24, 2.45) is 5.92 Å². The van der Waals surface area contributed by atoms with Gasteiger partial charge in [0.15, 0.2) is 5.65 Å². The van der Waals surface area contributed by atoms with Crippen LogP contribution in [0.2, 0.25) is 0 Å². The zero-order chi connectivity index (χ0) is 14.5. The van der Waals surface area contributed by atoms with E-state index in [0.29, 0.717) is 18.5 Å². The number of aromatic amines is 1. The average Bonchev–Trinajstić information content (AvgIpc) is 2.90. The number of hydrogen-bond acceptors (Lipinski definition) is 6. The van der Waals surface area contributed by atoms with Crippen LogP contribution in [0.5, 0.6) is 0 Å². The standard InChI is InChI=1S/C13H22N6O/c1-9(2)8-19(5-6-20-4)12-10-7-15-18-11(10)16-13(14-3)17-12/h7,9H,5-6,8H2,1-4H3,(H2,14,15,16,17,18). The van der Waals surface area contributed by atoms with Gasteiger partial charge in [0.2, 0.25) is 5.95 Å². The highest BCUT2D eigenvalue weighted by Crippen LogP contribution is 2.24. The lowest BCUT2D eigenvalue weighted by Gasteiger charge is -2.26. The molecule has 110 valence electrons. The summed E-state index contributed by atoms with van der Waals surface area (Å²) in [6.07, 6.45) is 1.77. The Balaban J connectivity index is 2.41. The molecule has 0 fully saturated rings. The van der Waals surface area contributed by atoms with E-state index in [0.717, 1.165) is 29.9 Å². The number of H-pyrrole nitrogens is 1. The molecule has 0 aliphatic rings. The summed E-state index contributed by atoms with van der Waals surface area (Å²) in [6, 6.07) is 0. The van der Waals surface area contributed by atoms with Gasteiger partial charge < -0.3 is 15.0 Å². The second-order valence-electron chi connectivity index (χ2n) is 5.09. The molecular formula is C13H22N6O. The monoisotopic (exact) mass is 278 g/mol. The van der Waals surface area contributed by atoms with Crippen molar-refractivity contribution in [3.8, 4) is 0 Å². The van der Waals surface area contributed by atoms with E-state index in [9.17, 15) is 0 Å². The molecule has 2 rings (SSSR count). The minimum atomic E-state index is 0.529. The van der Waals surface area contributed by atoms with Gasteiger partial charge in [0.25, 0.3) is 0 Å². The van der Waals surface area contributed by atoms with Crippen LogP contribution in [-0.2, 0) is 4.74 Å². The van der Waals surface area contributed by atoms with Crippen LogP contribution in [0.25, 0.3) is 11.0 Å². The van der Waals surface area contributed by atoms with Crippen LogP contribution in [-0.4, -0.2) is 54.0 Å². The number of methoxy groups -OCH3 is 1. The molecule has 20 heavy (non-hydrogen) atoms. The molecule has 7 nitrogen and oxygen atoms in total. The molecule has 0 spiro atoms. The number of fused-ring (bicyclic) bond motifs is 1. The molecule has 0 saturated heterocycles. The van der Waals surface area contributed by atoms with E-state index in [2.05, 4.69) is 44.2 Å². The minimum absolute atomic E-state index is 0.529. The number of nitrogens with zero attached hydrogens (tertiary/aromatic N) is 4. The first-order valence-corrected chi connectivity index (χ1v) is 6.78. The molecule has 0 saturated carbocycles. The lowest BCUT2D eigenvalue weighted by atomic mass is 10.2. The Morgan fingerprint density at radius 1 is 1.40 bits per heavy atom. The summed E-state index contributed by atoms with van der Waals surface area (Å²) in [5, 5.41) is 10.9. The van der Waals surface area contributed by atoms with E-state index in [-0.39, 0.29) is 0 Å². The van der Waals surface area contributed by atoms with Crippen molar-refractivity contribution in [3.63, 3.8) is 0 Å². The SMILES string of the molecule is CNc1nc(N(CCOC)CC(C)C)c2cn[nH]c2n1. The molecule has 2 heterocycles. The molecule has 0 amide bonds. The first kappa shape index (κ1) is 14.5. The van der Waals surface area contributed by atoms with E-state index in [1.54, 1.807) is 13.3 Å².